The number of aromatic nitrogens is 1. The number of amides is 4. The first-order valence-corrected chi connectivity index (χ1v) is 15.3. The Morgan fingerprint density at radius 3 is 2.71 bits per heavy atom. The summed E-state index contributed by atoms with van der Waals surface area (Å²) in [6, 6.07) is 2.53. The second-order valence-corrected chi connectivity index (χ2v) is 13.2. The highest BCUT2D eigenvalue weighted by Gasteiger charge is 2.69. The van der Waals surface area contributed by atoms with Gasteiger partial charge in [0, 0.05) is 35.6 Å². The number of ether oxygens (including phenoxy) is 1. The highest BCUT2D eigenvalue weighted by Crippen LogP contribution is 2.64. The summed E-state index contributed by atoms with van der Waals surface area (Å²) < 4.78 is 5.64. The Labute approximate surface area is 256 Å². The van der Waals surface area contributed by atoms with E-state index in [1.54, 1.807) is 23.7 Å². The number of rotatable bonds is 11. The number of nitrogens with one attached hydrogen (secondary N) is 3. The van der Waals surface area contributed by atoms with E-state index in [-0.39, 0.29) is 53.5 Å². The summed E-state index contributed by atoms with van der Waals surface area (Å²) in [5, 5.41) is 11.1. The molecule has 1 aliphatic carbocycles. The van der Waals surface area contributed by atoms with Crippen molar-refractivity contribution in [2.24, 2.45) is 23.2 Å². The van der Waals surface area contributed by atoms with Crippen molar-refractivity contribution in [3.63, 3.8) is 0 Å². The normalized spacial score (nSPS) is 24.4. The number of carbonyl (C=O) groups excluding carboxylic acids is 5. The molecule has 5 atom stereocenters. The number of carbonyl (C=O) groups is 5. The van der Waals surface area contributed by atoms with Crippen LogP contribution in [0, 0.1) is 23.2 Å². The van der Waals surface area contributed by atoms with Gasteiger partial charge in [-0.05, 0) is 48.3 Å². The van der Waals surface area contributed by atoms with Gasteiger partial charge in [-0.25, -0.2) is 4.98 Å². The molecular weight excluding hydrogens is 605 g/mol. The number of benzene rings is 1. The third kappa shape index (κ3) is 6.25. The van der Waals surface area contributed by atoms with E-state index in [1.807, 2.05) is 13.8 Å². The van der Waals surface area contributed by atoms with Gasteiger partial charge in [0.25, 0.3) is 11.8 Å². The summed E-state index contributed by atoms with van der Waals surface area (Å²) >= 11 is 13.4. The van der Waals surface area contributed by atoms with Crippen molar-refractivity contribution < 1.29 is 28.7 Å². The Morgan fingerprint density at radius 1 is 1.26 bits per heavy atom. The average molecular weight is 637 g/mol. The number of halogens is 2. The van der Waals surface area contributed by atoms with E-state index >= 15 is 0 Å². The number of nitrogens with zero attached hydrogens (tertiary/aromatic N) is 2. The van der Waals surface area contributed by atoms with Gasteiger partial charge in [-0.15, -0.1) is 11.3 Å². The first-order chi connectivity index (χ1) is 20.0. The minimum Gasteiger partial charge on any atom is -0.482 e. The summed E-state index contributed by atoms with van der Waals surface area (Å²) in [6.07, 6.45) is 2.04. The summed E-state index contributed by atoms with van der Waals surface area (Å²) in [4.78, 5) is 71.1. The molecule has 3 heterocycles. The van der Waals surface area contributed by atoms with Crippen LogP contribution in [-0.4, -0.2) is 71.1 Å². The Morgan fingerprint density at radius 2 is 2.05 bits per heavy atom. The molecule has 5 rings (SSSR count). The van der Waals surface area contributed by atoms with Gasteiger partial charge in [-0.3, -0.25) is 24.0 Å². The number of fused-ring (bicyclic) bond motifs is 1. The lowest BCUT2D eigenvalue weighted by Gasteiger charge is -2.31. The predicted molar refractivity (Wildman–Crippen MR) is 155 cm³/mol. The lowest BCUT2D eigenvalue weighted by molar-refractivity contribution is -0.144. The van der Waals surface area contributed by atoms with Gasteiger partial charge in [0.15, 0.2) is 6.61 Å². The van der Waals surface area contributed by atoms with Crippen LogP contribution in [0.1, 0.15) is 31.7 Å². The van der Waals surface area contributed by atoms with E-state index in [0.717, 1.165) is 0 Å². The van der Waals surface area contributed by atoms with E-state index in [4.69, 9.17) is 27.9 Å². The Kier molecular flexibility index (Phi) is 8.77. The molecule has 42 heavy (non-hydrogen) atoms. The van der Waals surface area contributed by atoms with Crippen LogP contribution in [0.25, 0.3) is 0 Å². The van der Waals surface area contributed by atoms with Gasteiger partial charge >= 0.3 is 0 Å². The monoisotopic (exact) mass is 635 g/mol. The Hall–Kier alpha value is -3.22. The minimum atomic E-state index is -1.25. The molecule has 2 aromatic rings. The van der Waals surface area contributed by atoms with Gasteiger partial charge in [0.1, 0.15) is 16.8 Å². The second kappa shape index (κ2) is 12.2. The number of hydrogen-bond acceptors (Lipinski definition) is 8. The standard InChI is InChI=1S/C28H31Cl2N5O6S/c1-28(2)16-12-35(21(36)13-41-19-4-3-15(29)10-17(19)30)23(22(16)28)26(39)34-18(9-14-5-6-32-25(14)38)24(37)27(40)33-11-20-31-7-8-42-20/h3-4,7-8,10,14,16,18,22-23H,5-6,9,11-13H2,1-2H3,(H,32,38)(H,33,40)(H,34,39)/t14-,16-,18-,22-,23-/m0/s1. The molecule has 1 saturated carbocycles. The number of ketones is 1. The largest absolute Gasteiger partial charge is 0.482 e. The fraction of sp³-hybridized carbons (Fsp3) is 0.500. The molecule has 11 nitrogen and oxygen atoms in total. The van der Waals surface area contributed by atoms with Crippen LogP contribution in [0.2, 0.25) is 10.0 Å². The zero-order valence-corrected chi connectivity index (χ0v) is 25.4. The van der Waals surface area contributed by atoms with E-state index in [2.05, 4.69) is 20.9 Å². The van der Waals surface area contributed by atoms with E-state index < -0.39 is 41.5 Å². The molecule has 2 aliphatic heterocycles. The minimum absolute atomic E-state index is 0.0303. The quantitative estimate of drug-likeness (QED) is 0.321. The molecule has 0 spiro atoms. The van der Waals surface area contributed by atoms with Gasteiger partial charge in [0.2, 0.25) is 17.6 Å². The first-order valence-electron chi connectivity index (χ1n) is 13.6. The molecule has 3 aliphatic rings. The molecule has 14 heteroatoms. The van der Waals surface area contributed by atoms with Crippen molar-refractivity contribution in [3.8, 4) is 5.75 Å². The molecule has 1 aromatic carbocycles. The molecule has 2 saturated heterocycles. The van der Waals surface area contributed by atoms with E-state index in [9.17, 15) is 24.0 Å². The third-order valence-electron chi connectivity index (χ3n) is 8.47. The van der Waals surface area contributed by atoms with E-state index in [0.29, 0.717) is 29.5 Å². The predicted octanol–water partition coefficient (Wildman–Crippen LogP) is 2.21. The Balaban J connectivity index is 1.30. The third-order valence-corrected chi connectivity index (χ3v) is 9.78. The van der Waals surface area contributed by atoms with E-state index in [1.165, 1.54) is 22.3 Å². The smallest absolute Gasteiger partial charge is 0.289 e. The van der Waals surface area contributed by atoms with Gasteiger partial charge in [0.05, 0.1) is 17.6 Å². The maximum absolute atomic E-state index is 13.8. The molecule has 224 valence electrons. The zero-order valence-electron chi connectivity index (χ0n) is 23.0. The second-order valence-electron chi connectivity index (χ2n) is 11.4. The molecule has 1 aromatic heterocycles. The molecule has 4 amide bonds. The molecule has 0 radical (unpaired) electrons. The molecule has 0 unspecified atom stereocenters. The van der Waals surface area contributed by atoms with Crippen molar-refractivity contribution in [1.29, 1.82) is 0 Å². The number of thiazole rings is 1. The fourth-order valence-electron chi connectivity index (χ4n) is 6.04. The SMILES string of the molecule is CC1(C)[C@@H]2[C@@H](C(=O)N[C@@H](C[C@@H]3CCNC3=O)C(=O)C(=O)NCc3nccs3)N(C(=O)COc3ccc(Cl)cc3Cl)C[C@@H]21. The number of piperidine rings is 1. The maximum Gasteiger partial charge on any atom is 0.289 e. The summed E-state index contributed by atoms with van der Waals surface area (Å²) in [5.74, 6) is -3.23. The van der Waals surface area contributed by atoms with Crippen LogP contribution in [0.3, 0.4) is 0 Å². The fourth-order valence-corrected chi connectivity index (χ4v) is 7.06. The van der Waals surface area contributed by atoms with Crippen LogP contribution < -0.4 is 20.7 Å². The molecule has 0 bridgehead atoms. The first kappa shape index (κ1) is 30.2. The molecule has 3 N–H and O–H groups in total. The highest BCUT2D eigenvalue weighted by atomic mass is 35.5. The van der Waals surface area contributed by atoms with Crippen LogP contribution >= 0.6 is 34.5 Å². The van der Waals surface area contributed by atoms with Gasteiger partial charge in [-0.1, -0.05) is 37.0 Å². The topological polar surface area (TPSA) is 147 Å². The van der Waals surface area contributed by atoms with Gasteiger partial charge < -0.3 is 25.6 Å². The van der Waals surface area contributed by atoms with Crippen LogP contribution in [-0.2, 0) is 30.5 Å². The average Bonchev–Trinajstić information content (AvgIpc) is 3.51. The number of hydrogen-bond donors (Lipinski definition) is 3. The summed E-state index contributed by atoms with van der Waals surface area (Å²) in [5.41, 5.74) is -0.185. The van der Waals surface area contributed by atoms with Crippen molar-refractivity contribution >= 4 is 64.0 Å². The zero-order chi connectivity index (χ0) is 30.2. The molecule has 3 fully saturated rings. The number of likely N-dealkylation sites (tertiary alicyclic amines) is 1. The number of Topliss-reactive ketones (excluding diaryl/α,β-unsaturated/α-hetero) is 1. The van der Waals surface area contributed by atoms with Crippen molar-refractivity contribution in [1.82, 2.24) is 25.8 Å². The van der Waals surface area contributed by atoms with Crippen LogP contribution in [0.4, 0.5) is 0 Å². The maximum atomic E-state index is 13.8. The summed E-state index contributed by atoms with van der Waals surface area (Å²) in [6.45, 7) is 4.58. The lowest BCUT2D eigenvalue weighted by Crippen LogP contribution is -2.56. The van der Waals surface area contributed by atoms with Gasteiger partial charge in [-0.2, -0.15) is 0 Å². The lowest BCUT2D eigenvalue weighted by atomic mass is 9.94. The summed E-state index contributed by atoms with van der Waals surface area (Å²) in [7, 11) is 0. The Bertz CT molecular complexity index is 1400. The van der Waals surface area contributed by atoms with Crippen LogP contribution in [0.5, 0.6) is 5.75 Å². The van der Waals surface area contributed by atoms with Crippen molar-refractivity contribution in [3.05, 3.63) is 44.8 Å². The van der Waals surface area contributed by atoms with Crippen molar-refractivity contribution in [2.75, 3.05) is 19.7 Å². The molecular formula is C28H31Cl2N5O6S. The van der Waals surface area contributed by atoms with Crippen molar-refractivity contribution in [2.45, 2.75) is 45.3 Å². The van der Waals surface area contributed by atoms with Crippen LogP contribution in [0.15, 0.2) is 29.8 Å². The highest BCUT2D eigenvalue weighted by molar-refractivity contribution is 7.09.